The first-order valence-corrected chi connectivity index (χ1v) is 12.8. The second kappa shape index (κ2) is 11.2. The van der Waals surface area contributed by atoms with Gasteiger partial charge in [-0.2, -0.15) is 0 Å². The third kappa shape index (κ3) is 4.92. The molecule has 3 aromatic rings. The molecule has 1 amide bonds. The minimum absolute atomic E-state index is 0.102. The van der Waals surface area contributed by atoms with Gasteiger partial charge in [0, 0.05) is 17.2 Å². The van der Waals surface area contributed by atoms with Gasteiger partial charge in [0.15, 0.2) is 5.13 Å². The Morgan fingerprint density at radius 3 is 2.36 bits per heavy atom. The summed E-state index contributed by atoms with van der Waals surface area (Å²) in [4.78, 5) is 45.4. The number of methoxy groups -OCH3 is 3. The van der Waals surface area contributed by atoms with Crippen LogP contribution in [0.3, 0.4) is 0 Å². The third-order valence-corrected chi connectivity index (χ3v) is 7.44. The molecule has 39 heavy (non-hydrogen) atoms. The number of aryl methyl sites for hydroxylation is 2. The Kier molecular flexibility index (Phi) is 7.91. The molecule has 2 aromatic carbocycles. The minimum Gasteiger partial charge on any atom is -0.507 e. The Morgan fingerprint density at radius 1 is 1.03 bits per heavy atom. The van der Waals surface area contributed by atoms with Gasteiger partial charge in [-0.05, 0) is 56.7 Å². The summed E-state index contributed by atoms with van der Waals surface area (Å²) < 4.78 is 21.3. The summed E-state index contributed by atoms with van der Waals surface area (Å²) in [5.74, 6) is -1.35. The zero-order valence-corrected chi connectivity index (χ0v) is 23.2. The van der Waals surface area contributed by atoms with Crippen LogP contribution in [0.4, 0.5) is 5.13 Å². The molecule has 0 saturated carbocycles. The van der Waals surface area contributed by atoms with Crippen molar-refractivity contribution in [1.82, 2.24) is 4.98 Å². The molecule has 1 atom stereocenters. The Bertz CT molecular complexity index is 1490. The normalized spacial score (nSPS) is 16.4. The van der Waals surface area contributed by atoms with Crippen LogP contribution in [0.2, 0.25) is 0 Å². The topological polar surface area (TPSA) is 124 Å². The summed E-state index contributed by atoms with van der Waals surface area (Å²) >= 11 is 0.928. The van der Waals surface area contributed by atoms with Gasteiger partial charge in [0.05, 0.1) is 39.2 Å². The highest BCUT2D eigenvalue weighted by molar-refractivity contribution is 7.17. The Balaban J connectivity index is 1.97. The Hall–Kier alpha value is -4.38. The molecule has 204 valence electrons. The van der Waals surface area contributed by atoms with Crippen molar-refractivity contribution in [2.45, 2.75) is 26.8 Å². The van der Waals surface area contributed by atoms with E-state index in [-0.39, 0.29) is 27.9 Å². The Labute approximate surface area is 229 Å². The van der Waals surface area contributed by atoms with E-state index in [0.29, 0.717) is 34.1 Å². The van der Waals surface area contributed by atoms with Crippen molar-refractivity contribution >= 4 is 39.9 Å². The Morgan fingerprint density at radius 2 is 1.74 bits per heavy atom. The average molecular weight is 553 g/mol. The van der Waals surface area contributed by atoms with Crippen molar-refractivity contribution in [1.29, 1.82) is 0 Å². The molecule has 1 saturated heterocycles. The zero-order chi connectivity index (χ0) is 28.4. The van der Waals surface area contributed by atoms with E-state index >= 15 is 0 Å². The summed E-state index contributed by atoms with van der Waals surface area (Å²) in [7, 11) is 4.48. The maximum atomic E-state index is 13.5. The van der Waals surface area contributed by atoms with Crippen molar-refractivity contribution in [3.05, 3.63) is 69.2 Å². The number of aliphatic hydroxyl groups is 1. The molecule has 10 nitrogen and oxygen atoms in total. The number of esters is 1. The molecule has 4 rings (SSSR count). The standard InChI is InChI=1S/C28H28N2O8S/c1-7-38-27(34)25-15(3)29-28(39-25)30-22(18-10-9-17(35-4)13-20(18)37-6)21(24(32)26(30)33)23(31)16-8-11-19(36-5)14(2)12-16/h8-13,22,31H,7H2,1-6H3/b23-21+/t22-/m1/s1. The number of rotatable bonds is 8. The third-order valence-electron chi connectivity index (χ3n) is 6.30. The van der Waals surface area contributed by atoms with Gasteiger partial charge >= 0.3 is 11.9 Å². The molecule has 0 spiro atoms. The van der Waals surface area contributed by atoms with Crippen LogP contribution in [-0.4, -0.2) is 55.7 Å². The summed E-state index contributed by atoms with van der Waals surface area (Å²) in [6.45, 7) is 5.27. The fourth-order valence-electron chi connectivity index (χ4n) is 4.42. The maximum Gasteiger partial charge on any atom is 0.350 e. The number of aliphatic hydroxyl groups excluding tert-OH is 1. The molecule has 1 N–H and O–H groups in total. The molecule has 0 radical (unpaired) electrons. The first-order valence-electron chi connectivity index (χ1n) is 12.0. The second-order valence-electron chi connectivity index (χ2n) is 8.59. The van der Waals surface area contributed by atoms with Crippen LogP contribution in [0.15, 0.2) is 42.0 Å². The van der Waals surface area contributed by atoms with Crippen LogP contribution < -0.4 is 19.1 Å². The van der Waals surface area contributed by atoms with Crippen LogP contribution in [0.1, 0.15) is 45.0 Å². The molecule has 0 aliphatic carbocycles. The van der Waals surface area contributed by atoms with Crippen molar-refractivity contribution in [3.63, 3.8) is 0 Å². The number of carbonyl (C=O) groups excluding carboxylic acids is 3. The van der Waals surface area contributed by atoms with Crippen molar-refractivity contribution in [2.75, 3.05) is 32.8 Å². The number of carbonyl (C=O) groups is 3. The van der Waals surface area contributed by atoms with E-state index in [1.54, 1.807) is 57.2 Å². The molecular weight excluding hydrogens is 524 g/mol. The second-order valence-corrected chi connectivity index (χ2v) is 9.57. The van der Waals surface area contributed by atoms with E-state index in [9.17, 15) is 19.5 Å². The predicted octanol–water partition coefficient (Wildman–Crippen LogP) is 4.59. The van der Waals surface area contributed by atoms with Crippen molar-refractivity contribution < 1.29 is 38.4 Å². The molecule has 0 bridgehead atoms. The van der Waals surface area contributed by atoms with E-state index in [4.69, 9.17) is 18.9 Å². The van der Waals surface area contributed by atoms with Gasteiger partial charge in [0.2, 0.25) is 0 Å². The maximum absolute atomic E-state index is 13.5. The average Bonchev–Trinajstić information content (AvgIpc) is 3.44. The lowest BCUT2D eigenvalue weighted by Crippen LogP contribution is -2.29. The number of benzene rings is 2. The number of hydrogen-bond acceptors (Lipinski definition) is 10. The molecule has 2 heterocycles. The lowest BCUT2D eigenvalue weighted by molar-refractivity contribution is -0.132. The number of nitrogens with zero attached hydrogens (tertiary/aromatic N) is 2. The lowest BCUT2D eigenvalue weighted by atomic mass is 9.94. The molecule has 1 aliphatic rings. The SMILES string of the molecule is CCOC(=O)c1sc(N2C(=O)C(=O)/C(=C(/O)c3ccc(OC)c(C)c3)[C@H]2c2ccc(OC)cc2OC)nc1C. The van der Waals surface area contributed by atoms with Gasteiger partial charge in [-0.15, -0.1) is 0 Å². The van der Waals surface area contributed by atoms with Crippen LogP contribution in [0, 0.1) is 13.8 Å². The smallest absolute Gasteiger partial charge is 0.350 e. The number of amides is 1. The molecule has 0 unspecified atom stereocenters. The highest BCUT2D eigenvalue weighted by Gasteiger charge is 2.49. The van der Waals surface area contributed by atoms with Gasteiger partial charge in [-0.25, -0.2) is 9.78 Å². The number of ketones is 1. The molecule has 1 fully saturated rings. The summed E-state index contributed by atoms with van der Waals surface area (Å²) in [5, 5.41) is 11.6. The number of ether oxygens (including phenoxy) is 4. The number of anilines is 1. The van der Waals surface area contributed by atoms with Crippen LogP contribution in [-0.2, 0) is 14.3 Å². The first kappa shape index (κ1) is 27.6. The largest absolute Gasteiger partial charge is 0.507 e. The van der Waals surface area contributed by atoms with Gasteiger partial charge in [-0.3, -0.25) is 14.5 Å². The monoisotopic (exact) mass is 552 g/mol. The fraction of sp³-hybridized carbons (Fsp3) is 0.286. The quantitative estimate of drug-likeness (QED) is 0.185. The summed E-state index contributed by atoms with van der Waals surface area (Å²) in [5.41, 5.74) is 1.66. The van der Waals surface area contributed by atoms with E-state index < -0.39 is 23.7 Å². The summed E-state index contributed by atoms with van der Waals surface area (Å²) in [6, 6.07) is 8.74. The predicted molar refractivity (Wildman–Crippen MR) is 145 cm³/mol. The summed E-state index contributed by atoms with van der Waals surface area (Å²) in [6.07, 6.45) is 0. The lowest BCUT2D eigenvalue weighted by Gasteiger charge is -2.25. The molecule has 11 heteroatoms. The number of Topliss-reactive ketones (excluding diaryl/α,β-unsaturated/α-hetero) is 1. The van der Waals surface area contributed by atoms with Gasteiger partial charge in [0.25, 0.3) is 5.78 Å². The highest BCUT2D eigenvalue weighted by Crippen LogP contribution is 2.47. The minimum atomic E-state index is -1.12. The zero-order valence-electron chi connectivity index (χ0n) is 22.4. The molecule has 1 aliphatic heterocycles. The van der Waals surface area contributed by atoms with Crippen molar-refractivity contribution in [2.24, 2.45) is 0 Å². The molecule has 1 aromatic heterocycles. The highest BCUT2D eigenvalue weighted by atomic mass is 32.1. The number of thiazole rings is 1. The van der Waals surface area contributed by atoms with Gasteiger partial charge < -0.3 is 24.1 Å². The van der Waals surface area contributed by atoms with E-state index in [0.717, 1.165) is 16.9 Å². The fourth-order valence-corrected chi connectivity index (χ4v) is 5.41. The van der Waals surface area contributed by atoms with Crippen molar-refractivity contribution in [3.8, 4) is 17.2 Å². The number of aromatic nitrogens is 1. The van der Waals surface area contributed by atoms with Gasteiger partial charge in [-0.1, -0.05) is 11.3 Å². The van der Waals surface area contributed by atoms with E-state index in [1.165, 1.54) is 26.2 Å². The van der Waals surface area contributed by atoms with Crippen LogP contribution in [0.5, 0.6) is 17.2 Å². The van der Waals surface area contributed by atoms with E-state index in [1.807, 2.05) is 0 Å². The number of hydrogen-bond donors (Lipinski definition) is 1. The van der Waals surface area contributed by atoms with Crippen LogP contribution in [0.25, 0.3) is 5.76 Å². The molecular formula is C28H28N2O8S. The van der Waals surface area contributed by atoms with Crippen LogP contribution >= 0.6 is 11.3 Å². The van der Waals surface area contributed by atoms with E-state index in [2.05, 4.69) is 4.98 Å². The first-order chi connectivity index (χ1) is 18.7. The van der Waals surface area contributed by atoms with Gasteiger partial charge in [0.1, 0.15) is 33.9 Å².